The van der Waals surface area contributed by atoms with Crippen LogP contribution in [0.3, 0.4) is 0 Å². The summed E-state index contributed by atoms with van der Waals surface area (Å²) in [6.07, 6.45) is -5.03. The molecule has 7 heteroatoms. The average Bonchev–Trinajstić information content (AvgIpc) is 2.11. The summed E-state index contributed by atoms with van der Waals surface area (Å²) in [4.78, 5) is 13.8. The van der Waals surface area contributed by atoms with E-state index in [2.05, 4.69) is 4.89 Å². The second kappa shape index (κ2) is 5.84. The number of hydrogen-bond donors (Lipinski definition) is 5. The molecule has 0 aromatic heterocycles. The standard InChI is InChI=1S/C6H12O7/c7-2-4(9)3(8)1-5(13-12)6(10)11/h3-5,7-9,12H,1-2H2,(H,10,11)/t3-,4-,5-/m1/s1. The molecule has 0 rings (SSSR count). The van der Waals surface area contributed by atoms with Gasteiger partial charge in [0, 0.05) is 6.42 Å². The van der Waals surface area contributed by atoms with Gasteiger partial charge in [-0.25, -0.2) is 9.68 Å². The highest BCUT2D eigenvalue weighted by Gasteiger charge is 2.26. The zero-order chi connectivity index (χ0) is 10.4. The molecule has 0 spiro atoms. The summed E-state index contributed by atoms with van der Waals surface area (Å²) < 4.78 is 0. The molecular formula is C6H12O7. The lowest BCUT2D eigenvalue weighted by molar-refractivity contribution is -0.282. The lowest BCUT2D eigenvalue weighted by Gasteiger charge is -2.17. The van der Waals surface area contributed by atoms with Crippen molar-refractivity contribution < 1.29 is 35.4 Å². The van der Waals surface area contributed by atoms with Gasteiger partial charge in [-0.15, -0.1) is 0 Å². The van der Waals surface area contributed by atoms with Crippen LogP contribution in [0.15, 0.2) is 0 Å². The van der Waals surface area contributed by atoms with E-state index < -0.39 is 37.3 Å². The molecular weight excluding hydrogens is 184 g/mol. The number of carboxylic acid groups (broad SMARTS) is 1. The highest BCUT2D eigenvalue weighted by Crippen LogP contribution is 2.05. The van der Waals surface area contributed by atoms with Gasteiger partial charge in [0.05, 0.1) is 12.7 Å². The molecule has 0 aliphatic rings. The summed E-state index contributed by atoms with van der Waals surface area (Å²) >= 11 is 0. The zero-order valence-electron chi connectivity index (χ0n) is 6.70. The molecule has 7 nitrogen and oxygen atoms in total. The molecule has 0 aromatic rings. The minimum atomic E-state index is -1.61. The molecule has 0 aromatic carbocycles. The summed E-state index contributed by atoms with van der Waals surface area (Å²) in [6, 6.07) is 0. The molecule has 0 saturated carbocycles. The summed E-state index contributed by atoms with van der Waals surface area (Å²) in [5.74, 6) is -1.47. The summed E-state index contributed by atoms with van der Waals surface area (Å²) in [5, 5.41) is 42.6. The van der Waals surface area contributed by atoms with Crippen LogP contribution in [0.1, 0.15) is 6.42 Å². The van der Waals surface area contributed by atoms with Crippen molar-refractivity contribution in [3.63, 3.8) is 0 Å². The Labute approximate surface area is 73.7 Å². The number of aliphatic hydroxyl groups is 3. The third-order valence-electron chi connectivity index (χ3n) is 1.49. The fourth-order valence-corrected chi connectivity index (χ4v) is 0.687. The van der Waals surface area contributed by atoms with Crippen molar-refractivity contribution >= 4 is 5.97 Å². The molecule has 5 N–H and O–H groups in total. The van der Waals surface area contributed by atoms with Crippen molar-refractivity contribution in [2.24, 2.45) is 0 Å². The SMILES string of the molecule is O=C(O)[C@@H](C[C@@H](O)[C@H](O)CO)OO. The van der Waals surface area contributed by atoms with Crippen LogP contribution in [0.2, 0.25) is 0 Å². The van der Waals surface area contributed by atoms with Crippen LogP contribution in [-0.2, 0) is 9.68 Å². The van der Waals surface area contributed by atoms with Gasteiger partial charge >= 0.3 is 5.97 Å². The van der Waals surface area contributed by atoms with Gasteiger partial charge < -0.3 is 20.4 Å². The second-order valence-electron chi connectivity index (χ2n) is 2.49. The molecule has 0 aliphatic heterocycles. The van der Waals surface area contributed by atoms with Crippen LogP contribution in [0.25, 0.3) is 0 Å². The predicted molar refractivity (Wildman–Crippen MR) is 38.9 cm³/mol. The van der Waals surface area contributed by atoms with E-state index in [9.17, 15) is 4.79 Å². The van der Waals surface area contributed by atoms with Gasteiger partial charge in [-0.1, -0.05) is 0 Å². The molecule has 0 fully saturated rings. The maximum atomic E-state index is 10.2. The van der Waals surface area contributed by atoms with Crippen molar-refractivity contribution in [1.82, 2.24) is 0 Å². The van der Waals surface area contributed by atoms with E-state index in [1.54, 1.807) is 0 Å². The minimum Gasteiger partial charge on any atom is -0.479 e. The van der Waals surface area contributed by atoms with Gasteiger partial charge in [0.1, 0.15) is 6.10 Å². The first-order valence-corrected chi connectivity index (χ1v) is 3.53. The van der Waals surface area contributed by atoms with Crippen LogP contribution >= 0.6 is 0 Å². The minimum absolute atomic E-state index is 0.506. The molecule has 0 radical (unpaired) electrons. The van der Waals surface area contributed by atoms with E-state index in [0.29, 0.717) is 0 Å². The molecule has 13 heavy (non-hydrogen) atoms. The first kappa shape index (κ1) is 12.3. The van der Waals surface area contributed by atoms with Crippen LogP contribution in [0.4, 0.5) is 0 Å². The molecule has 0 heterocycles. The highest BCUT2D eigenvalue weighted by molar-refractivity contribution is 5.72. The number of carbonyl (C=O) groups is 1. The van der Waals surface area contributed by atoms with Crippen LogP contribution < -0.4 is 0 Å². The lowest BCUT2D eigenvalue weighted by atomic mass is 10.1. The van der Waals surface area contributed by atoms with Gasteiger partial charge in [-0.2, -0.15) is 0 Å². The molecule has 0 bridgehead atoms. The molecule has 0 aliphatic carbocycles. The van der Waals surface area contributed by atoms with Gasteiger partial charge in [-0.3, -0.25) is 5.26 Å². The number of aliphatic carboxylic acids is 1. The molecule has 0 amide bonds. The Morgan fingerprint density at radius 3 is 2.15 bits per heavy atom. The number of carboxylic acids is 1. The number of aliphatic hydroxyl groups excluding tert-OH is 3. The maximum absolute atomic E-state index is 10.2. The first-order chi connectivity index (χ1) is 6.02. The molecule has 0 unspecified atom stereocenters. The average molecular weight is 196 g/mol. The third-order valence-corrected chi connectivity index (χ3v) is 1.49. The fourth-order valence-electron chi connectivity index (χ4n) is 0.687. The Hall–Kier alpha value is -0.730. The van der Waals surface area contributed by atoms with E-state index >= 15 is 0 Å². The van der Waals surface area contributed by atoms with E-state index in [1.807, 2.05) is 0 Å². The summed E-state index contributed by atoms with van der Waals surface area (Å²) in [7, 11) is 0. The van der Waals surface area contributed by atoms with Gasteiger partial charge in [0.2, 0.25) is 0 Å². The van der Waals surface area contributed by atoms with Crippen LogP contribution in [0, 0.1) is 0 Å². The Morgan fingerprint density at radius 2 is 1.85 bits per heavy atom. The Bertz CT molecular complexity index is 159. The van der Waals surface area contributed by atoms with Crippen molar-refractivity contribution in [2.75, 3.05) is 6.61 Å². The van der Waals surface area contributed by atoms with Crippen molar-refractivity contribution in [3.8, 4) is 0 Å². The van der Waals surface area contributed by atoms with E-state index in [0.717, 1.165) is 0 Å². The van der Waals surface area contributed by atoms with Gasteiger partial charge in [0.15, 0.2) is 6.10 Å². The maximum Gasteiger partial charge on any atom is 0.336 e. The Balaban J connectivity index is 4.00. The third kappa shape index (κ3) is 4.15. The van der Waals surface area contributed by atoms with E-state index in [4.69, 9.17) is 25.7 Å². The van der Waals surface area contributed by atoms with E-state index in [-0.39, 0.29) is 0 Å². The Kier molecular flexibility index (Phi) is 5.51. The summed E-state index contributed by atoms with van der Waals surface area (Å²) in [6.45, 7) is -0.696. The largest absolute Gasteiger partial charge is 0.479 e. The smallest absolute Gasteiger partial charge is 0.336 e. The van der Waals surface area contributed by atoms with Crippen molar-refractivity contribution in [3.05, 3.63) is 0 Å². The van der Waals surface area contributed by atoms with Crippen LogP contribution in [0.5, 0.6) is 0 Å². The Morgan fingerprint density at radius 1 is 1.31 bits per heavy atom. The predicted octanol–water partition coefficient (Wildman–Crippen LogP) is -1.97. The second-order valence-corrected chi connectivity index (χ2v) is 2.49. The number of hydrogen-bond acceptors (Lipinski definition) is 6. The molecule has 78 valence electrons. The van der Waals surface area contributed by atoms with Gasteiger partial charge in [-0.05, 0) is 0 Å². The quantitative estimate of drug-likeness (QED) is 0.246. The fraction of sp³-hybridized carbons (Fsp3) is 0.833. The zero-order valence-corrected chi connectivity index (χ0v) is 6.70. The van der Waals surface area contributed by atoms with E-state index in [1.165, 1.54) is 0 Å². The highest BCUT2D eigenvalue weighted by atomic mass is 17.1. The summed E-state index contributed by atoms with van der Waals surface area (Å²) in [5.41, 5.74) is 0. The molecule has 0 saturated heterocycles. The van der Waals surface area contributed by atoms with Crippen molar-refractivity contribution in [2.45, 2.75) is 24.7 Å². The normalized spacial score (nSPS) is 17.8. The van der Waals surface area contributed by atoms with Gasteiger partial charge in [0.25, 0.3) is 0 Å². The molecule has 3 atom stereocenters. The van der Waals surface area contributed by atoms with Crippen molar-refractivity contribution in [1.29, 1.82) is 0 Å². The number of rotatable bonds is 6. The monoisotopic (exact) mass is 196 g/mol. The lowest BCUT2D eigenvalue weighted by Crippen LogP contribution is -2.36. The van der Waals surface area contributed by atoms with Crippen LogP contribution in [-0.4, -0.2) is 56.6 Å². The topological polar surface area (TPSA) is 127 Å². The first-order valence-electron chi connectivity index (χ1n) is 3.53.